The molecule has 2 aromatic carbocycles. The van der Waals surface area contributed by atoms with Crippen LogP contribution >= 0.6 is 11.6 Å². The summed E-state index contributed by atoms with van der Waals surface area (Å²) in [7, 11) is 0. The minimum atomic E-state index is -0.579. The van der Waals surface area contributed by atoms with Crippen LogP contribution in [0.15, 0.2) is 60.2 Å². The third-order valence-electron chi connectivity index (χ3n) is 2.79. The fourth-order valence-corrected chi connectivity index (χ4v) is 2.04. The van der Waals surface area contributed by atoms with Crippen LogP contribution in [-0.4, -0.2) is 5.11 Å². The lowest BCUT2D eigenvalue weighted by atomic mass is 10.0. The second kappa shape index (κ2) is 5.85. The Labute approximate surface area is 112 Å². The Hall–Kier alpha value is -1.57. The smallest absolute Gasteiger partial charge is 0.100 e. The van der Waals surface area contributed by atoms with Crippen LogP contribution in [0.25, 0.3) is 6.08 Å². The standard InChI is InChI=1S/C16H15ClO/c1-12(10-13-6-5-9-15(17)11-13)16(18)14-7-3-2-4-8-14/h2-11,16,18H,1H3/b12-10+. The number of rotatable bonds is 3. The molecule has 1 atom stereocenters. The summed E-state index contributed by atoms with van der Waals surface area (Å²) in [5.74, 6) is 0. The summed E-state index contributed by atoms with van der Waals surface area (Å²) in [5, 5.41) is 10.9. The van der Waals surface area contributed by atoms with E-state index in [4.69, 9.17) is 11.6 Å². The quantitative estimate of drug-likeness (QED) is 0.861. The van der Waals surface area contributed by atoms with Gasteiger partial charge in [-0.3, -0.25) is 0 Å². The number of aliphatic hydroxyl groups is 1. The molecule has 0 aliphatic heterocycles. The van der Waals surface area contributed by atoms with Gasteiger partial charge >= 0.3 is 0 Å². The van der Waals surface area contributed by atoms with Crippen molar-refractivity contribution in [3.05, 3.63) is 76.3 Å². The fraction of sp³-hybridized carbons (Fsp3) is 0.125. The van der Waals surface area contributed by atoms with Gasteiger partial charge in [0.05, 0.1) is 0 Å². The van der Waals surface area contributed by atoms with Crippen molar-refractivity contribution in [2.24, 2.45) is 0 Å². The molecule has 0 aliphatic rings. The van der Waals surface area contributed by atoms with Gasteiger partial charge in [0, 0.05) is 5.02 Å². The number of halogens is 1. The molecular formula is C16H15ClO. The van der Waals surface area contributed by atoms with Crippen molar-refractivity contribution in [3.63, 3.8) is 0 Å². The van der Waals surface area contributed by atoms with Crippen LogP contribution in [0, 0.1) is 0 Å². The Morgan fingerprint density at radius 2 is 1.83 bits per heavy atom. The topological polar surface area (TPSA) is 20.2 Å². The Morgan fingerprint density at radius 1 is 1.11 bits per heavy atom. The third-order valence-corrected chi connectivity index (χ3v) is 3.02. The van der Waals surface area contributed by atoms with Crippen LogP contribution in [-0.2, 0) is 0 Å². The van der Waals surface area contributed by atoms with Gasteiger partial charge in [-0.1, -0.05) is 60.1 Å². The minimum absolute atomic E-state index is 0.579. The molecule has 18 heavy (non-hydrogen) atoms. The Morgan fingerprint density at radius 3 is 2.50 bits per heavy atom. The average molecular weight is 259 g/mol. The Balaban J connectivity index is 2.23. The highest BCUT2D eigenvalue weighted by molar-refractivity contribution is 6.30. The molecule has 0 saturated heterocycles. The molecular weight excluding hydrogens is 244 g/mol. The SMILES string of the molecule is C/C(=C\c1cccc(Cl)c1)C(O)c1ccccc1. The third kappa shape index (κ3) is 3.22. The molecule has 0 spiro atoms. The van der Waals surface area contributed by atoms with E-state index in [1.54, 1.807) is 0 Å². The first-order valence-corrected chi connectivity index (χ1v) is 6.21. The van der Waals surface area contributed by atoms with E-state index in [9.17, 15) is 5.11 Å². The van der Waals surface area contributed by atoms with E-state index in [0.29, 0.717) is 5.02 Å². The molecule has 0 heterocycles. The molecule has 0 aliphatic carbocycles. The summed E-state index contributed by atoms with van der Waals surface area (Å²) < 4.78 is 0. The van der Waals surface area contributed by atoms with Gasteiger partial charge in [-0.05, 0) is 35.8 Å². The monoisotopic (exact) mass is 258 g/mol. The first-order valence-electron chi connectivity index (χ1n) is 5.83. The van der Waals surface area contributed by atoms with Crippen molar-refractivity contribution in [1.29, 1.82) is 0 Å². The van der Waals surface area contributed by atoms with Crippen molar-refractivity contribution < 1.29 is 5.11 Å². The van der Waals surface area contributed by atoms with Crippen LogP contribution in [0.4, 0.5) is 0 Å². The molecule has 0 bridgehead atoms. The normalized spacial score (nSPS) is 13.4. The van der Waals surface area contributed by atoms with E-state index < -0.39 is 6.10 Å². The van der Waals surface area contributed by atoms with Crippen molar-refractivity contribution in [1.82, 2.24) is 0 Å². The van der Waals surface area contributed by atoms with E-state index in [-0.39, 0.29) is 0 Å². The largest absolute Gasteiger partial charge is 0.384 e. The number of benzene rings is 2. The van der Waals surface area contributed by atoms with Gasteiger partial charge in [0.15, 0.2) is 0 Å². The van der Waals surface area contributed by atoms with E-state index in [1.807, 2.05) is 67.6 Å². The number of hydrogen-bond acceptors (Lipinski definition) is 1. The highest BCUT2D eigenvalue weighted by Gasteiger charge is 2.08. The van der Waals surface area contributed by atoms with Gasteiger partial charge in [-0.25, -0.2) is 0 Å². The molecule has 0 amide bonds. The summed E-state index contributed by atoms with van der Waals surface area (Å²) in [6.45, 7) is 1.92. The van der Waals surface area contributed by atoms with Crippen LogP contribution < -0.4 is 0 Å². The summed E-state index contributed by atoms with van der Waals surface area (Å²) in [6, 6.07) is 17.2. The maximum absolute atomic E-state index is 10.2. The fourth-order valence-electron chi connectivity index (χ4n) is 1.84. The second-order valence-electron chi connectivity index (χ2n) is 4.26. The molecule has 2 heteroatoms. The van der Waals surface area contributed by atoms with Crippen LogP contribution in [0.5, 0.6) is 0 Å². The lowest BCUT2D eigenvalue weighted by molar-refractivity contribution is 0.217. The van der Waals surface area contributed by atoms with Gasteiger partial charge in [0.25, 0.3) is 0 Å². The molecule has 2 aromatic rings. The lowest BCUT2D eigenvalue weighted by Gasteiger charge is -2.11. The predicted octanol–water partition coefficient (Wildman–Crippen LogP) is 4.48. The zero-order chi connectivity index (χ0) is 13.0. The van der Waals surface area contributed by atoms with Gasteiger partial charge in [-0.15, -0.1) is 0 Å². The van der Waals surface area contributed by atoms with Crippen molar-refractivity contribution in [3.8, 4) is 0 Å². The summed E-state index contributed by atoms with van der Waals surface area (Å²) in [6.07, 6.45) is 1.37. The second-order valence-corrected chi connectivity index (χ2v) is 4.69. The highest BCUT2D eigenvalue weighted by atomic mass is 35.5. The molecule has 2 rings (SSSR count). The minimum Gasteiger partial charge on any atom is -0.384 e. The molecule has 0 aromatic heterocycles. The molecule has 0 radical (unpaired) electrons. The molecule has 92 valence electrons. The van der Waals surface area contributed by atoms with Crippen LogP contribution in [0.2, 0.25) is 5.02 Å². The van der Waals surface area contributed by atoms with E-state index in [0.717, 1.165) is 16.7 Å². The van der Waals surface area contributed by atoms with Crippen molar-refractivity contribution in [2.75, 3.05) is 0 Å². The van der Waals surface area contributed by atoms with Crippen molar-refractivity contribution >= 4 is 17.7 Å². The van der Waals surface area contributed by atoms with E-state index in [2.05, 4.69) is 0 Å². The van der Waals surface area contributed by atoms with Crippen molar-refractivity contribution in [2.45, 2.75) is 13.0 Å². The predicted molar refractivity (Wildman–Crippen MR) is 76.5 cm³/mol. The van der Waals surface area contributed by atoms with Gasteiger partial charge < -0.3 is 5.11 Å². The lowest BCUT2D eigenvalue weighted by Crippen LogP contribution is -1.98. The Kier molecular flexibility index (Phi) is 4.19. The average Bonchev–Trinajstić information content (AvgIpc) is 2.39. The van der Waals surface area contributed by atoms with Gasteiger partial charge in [0.2, 0.25) is 0 Å². The number of aliphatic hydroxyl groups excluding tert-OH is 1. The molecule has 1 unspecified atom stereocenters. The zero-order valence-electron chi connectivity index (χ0n) is 10.2. The van der Waals surface area contributed by atoms with Gasteiger partial charge in [0.1, 0.15) is 6.10 Å². The first kappa shape index (κ1) is 12.9. The zero-order valence-corrected chi connectivity index (χ0v) is 10.9. The number of hydrogen-bond donors (Lipinski definition) is 1. The Bertz CT molecular complexity index is 546. The van der Waals surface area contributed by atoms with Crippen LogP contribution in [0.1, 0.15) is 24.2 Å². The summed E-state index contributed by atoms with van der Waals surface area (Å²) >= 11 is 5.93. The first-order chi connectivity index (χ1) is 8.66. The highest BCUT2D eigenvalue weighted by Crippen LogP contribution is 2.23. The summed E-state index contributed by atoms with van der Waals surface area (Å²) in [5.41, 5.74) is 2.78. The summed E-state index contributed by atoms with van der Waals surface area (Å²) in [4.78, 5) is 0. The molecule has 0 saturated carbocycles. The maximum Gasteiger partial charge on any atom is 0.100 e. The molecule has 0 fully saturated rings. The van der Waals surface area contributed by atoms with E-state index >= 15 is 0 Å². The molecule has 1 nitrogen and oxygen atoms in total. The van der Waals surface area contributed by atoms with E-state index in [1.165, 1.54) is 0 Å². The maximum atomic E-state index is 10.2. The molecule has 1 N–H and O–H groups in total. The van der Waals surface area contributed by atoms with Crippen LogP contribution in [0.3, 0.4) is 0 Å². The van der Waals surface area contributed by atoms with Gasteiger partial charge in [-0.2, -0.15) is 0 Å².